The van der Waals surface area contributed by atoms with Crippen LogP contribution in [0.3, 0.4) is 0 Å². The van der Waals surface area contributed by atoms with Gasteiger partial charge in [0.05, 0.1) is 0 Å². The fourth-order valence-corrected chi connectivity index (χ4v) is 2.72. The largest absolute Gasteiger partial charge is 0.396 e. The SMILES string of the molecule is CCNC(CCO)CN1CCN(CC)C(C)C1. The van der Waals surface area contributed by atoms with Gasteiger partial charge in [-0.1, -0.05) is 13.8 Å². The Kier molecular flexibility index (Phi) is 7.04. The van der Waals surface area contributed by atoms with Crippen LogP contribution >= 0.6 is 0 Å². The highest BCUT2D eigenvalue weighted by atomic mass is 16.3. The summed E-state index contributed by atoms with van der Waals surface area (Å²) in [5.74, 6) is 0. The molecule has 0 aromatic heterocycles. The first-order chi connectivity index (χ1) is 8.21. The van der Waals surface area contributed by atoms with Gasteiger partial charge in [-0.15, -0.1) is 0 Å². The number of likely N-dealkylation sites (N-methyl/N-ethyl adjacent to an activating group) is 2. The van der Waals surface area contributed by atoms with Crippen LogP contribution in [0.2, 0.25) is 0 Å². The molecule has 0 radical (unpaired) electrons. The first-order valence-corrected chi connectivity index (χ1v) is 7.01. The van der Waals surface area contributed by atoms with E-state index in [0.29, 0.717) is 12.1 Å². The van der Waals surface area contributed by atoms with Gasteiger partial charge in [0.25, 0.3) is 0 Å². The van der Waals surface area contributed by atoms with E-state index in [9.17, 15) is 0 Å². The molecule has 1 heterocycles. The summed E-state index contributed by atoms with van der Waals surface area (Å²) in [4.78, 5) is 5.06. The zero-order valence-corrected chi connectivity index (χ0v) is 11.7. The molecule has 1 saturated heterocycles. The van der Waals surface area contributed by atoms with Crippen LogP contribution in [0.4, 0.5) is 0 Å². The van der Waals surface area contributed by atoms with Gasteiger partial charge in [0.1, 0.15) is 0 Å². The standard InChI is InChI=1S/C13H29N3O/c1-4-14-13(6-9-17)11-15-7-8-16(5-2)12(3)10-15/h12-14,17H,4-11H2,1-3H3. The molecule has 4 heteroatoms. The Morgan fingerprint density at radius 3 is 2.65 bits per heavy atom. The summed E-state index contributed by atoms with van der Waals surface area (Å²) in [5, 5.41) is 12.5. The number of rotatable bonds is 7. The topological polar surface area (TPSA) is 38.7 Å². The van der Waals surface area contributed by atoms with Crippen molar-refractivity contribution in [3.8, 4) is 0 Å². The summed E-state index contributed by atoms with van der Waals surface area (Å²) in [5.41, 5.74) is 0. The molecular weight excluding hydrogens is 214 g/mol. The minimum atomic E-state index is 0.280. The molecule has 0 aromatic carbocycles. The summed E-state index contributed by atoms with van der Waals surface area (Å²) >= 11 is 0. The molecule has 1 aliphatic rings. The highest BCUT2D eigenvalue weighted by Gasteiger charge is 2.23. The van der Waals surface area contributed by atoms with E-state index in [-0.39, 0.29) is 6.61 Å². The number of nitrogens with one attached hydrogen (secondary N) is 1. The molecule has 1 aliphatic heterocycles. The molecule has 2 unspecified atom stereocenters. The Balaban J connectivity index is 2.35. The molecule has 0 aliphatic carbocycles. The van der Waals surface area contributed by atoms with Crippen LogP contribution in [0, 0.1) is 0 Å². The lowest BCUT2D eigenvalue weighted by molar-refractivity contribution is 0.0787. The maximum Gasteiger partial charge on any atom is 0.0446 e. The lowest BCUT2D eigenvalue weighted by Gasteiger charge is -2.40. The van der Waals surface area contributed by atoms with Gasteiger partial charge in [-0.2, -0.15) is 0 Å². The lowest BCUT2D eigenvalue weighted by atomic mass is 10.1. The fourth-order valence-electron chi connectivity index (χ4n) is 2.72. The van der Waals surface area contributed by atoms with E-state index in [1.165, 1.54) is 6.54 Å². The van der Waals surface area contributed by atoms with E-state index in [4.69, 9.17) is 5.11 Å². The first kappa shape index (κ1) is 14.9. The molecular formula is C13H29N3O. The van der Waals surface area contributed by atoms with Crippen molar-refractivity contribution in [2.45, 2.75) is 39.3 Å². The average molecular weight is 243 g/mol. The summed E-state index contributed by atoms with van der Waals surface area (Å²) in [6.45, 7) is 13.6. The van der Waals surface area contributed by atoms with Gasteiger partial charge in [-0.05, 0) is 26.4 Å². The smallest absolute Gasteiger partial charge is 0.0446 e. The van der Waals surface area contributed by atoms with Crippen LogP contribution < -0.4 is 5.32 Å². The Labute approximate surface area is 106 Å². The third-order valence-corrected chi connectivity index (χ3v) is 3.70. The van der Waals surface area contributed by atoms with Gasteiger partial charge in [-0.25, -0.2) is 0 Å². The van der Waals surface area contributed by atoms with Crippen LogP contribution in [-0.4, -0.2) is 72.9 Å². The molecule has 0 spiro atoms. The maximum atomic E-state index is 9.06. The third-order valence-electron chi connectivity index (χ3n) is 3.70. The molecule has 0 amide bonds. The molecule has 0 aromatic rings. The number of nitrogens with zero attached hydrogens (tertiary/aromatic N) is 2. The van der Waals surface area contributed by atoms with E-state index in [0.717, 1.165) is 39.1 Å². The van der Waals surface area contributed by atoms with Gasteiger partial charge in [-0.3, -0.25) is 9.80 Å². The number of aliphatic hydroxyl groups excluding tert-OH is 1. The summed E-state index contributed by atoms with van der Waals surface area (Å²) < 4.78 is 0. The van der Waals surface area contributed by atoms with Crippen LogP contribution in [0.25, 0.3) is 0 Å². The number of hydrogen-bond donors (Lipinski definition) is 2. The average Bonchev–Trinajstić information content (AvgIpc) is 2.30. The van der Waals surface area contributed by atoms with Gasteiger partial charge < -0.3 is 10.4 Å². The number of piperazine rings is 1. The second-order valence-electron chi connectivity index (χ2n) is 5.00. The van der Waals surface area contributed by atoms with E-state index >= 15 is 0 Å². The lowest BCUT2D eigenvalue weighted by Crippen LogP contribution is -2.54. The van der Waals surface area contributed by atoms with Crippen molar-refractivity contribution in [2.24, 2.45) is 0 Å². The molecule has 1 fully saturated rings. The van der Waals surface area contributed by atoms with Crippen LogP contribution in [0.1, 0.15) is 27.2 Å². The van der Waals surface area contributed by atoms with Crippen LogP contribution in [-0.2, 0) is 0 Å². The predicted molar refractivity (Wildman–Crippen MR) is 72.3 cm³/mol. The number of hydrogen-bond acceptors (Lipinski definition) is 4. The van der Waals surface area contributed by atoms with Crippen LogP contribution in [0.15, 0.2) is 0 Å². The summed E-state index contributed by atoms with van der Waals surface area (Å²) in [6.07, 6.45) is 0.857. The Morgan fingerprint density at radius 2 is 2.12 bits per heavy atom. The van der Waals surface area contributed by atoms with Gasteiger partial charge in [0.2, 0.25) is 0 Å². The Morgan fingerprint density at radius 1 is 1.35 bits per heavy atom. The molecule has 4 nitrogen and oxygen atoms in total. The maximum absolute atomic E-state index is 9.06. The quantitative estimate of drug-likeness (QED) is 0.678. The summed E-state index contributed by atoms with van der Waals surface area (Å²) in [7, 11) is 0. The highest BCUT2D eigenvalue weighted by molar-refractivity contribution is 4.81. The van der Waals surface area contributed by atoms with Crippen molar-refractivity contribution in [3.05, 3.63) is 0 Å². The second-order valence-corrected chi connectivity index (χ2v) is 5.00. The minimum absolute atomic E-state index is 0.280. The molecule has 102 valence electrons. The Hall–Kier alpha value is -0.160. The molecule has 2 atom stereocenters. The molecule has 0 bridgehead atoms. The molecule has 2 N–H and O–H groups in total. The fraction of sp³-hybridized carbons (Fsp3) is 1.00. The van der Waals surface area contributed by atoms with E-state index < -0.39 is 0 Å². The Bertz CT molecular complexity index is 195. The van der Waals surface area contributed by atoms with Crippen molar-refractivity contribution in [1.82, 2.24) is 15.1 Å². The van der Waals surface area contributed by atoms with Gasteiger partial charge >= 0.3 is 0 Å². The van der Waals surface area contributed by atoms with E-state index in [1.807, 2.05) is 0 Å². The van der Waals surface area contributed by atoms with Crippen molar-refractivity contribution < 1.29 is 5.11 Å². The number of aliphatic hydroxyl groups is 1. The van der Waals surface area contributed by atoms with Crippen molar-refractivity contribution in [3.63, 3.8) is 0 Å². The zero-order chi connectivity index (χ0) is 12.7. The van der Waals surface area contributed by atoms with Gasteiger partial charge in [0, 0.05) is 44.9 Å². The summed E-state index contributed by atoms with van der Waals surface area (Å²) in [6, 6.07) is 1.09. The normalized spacial score (nSPS) is 25.1. The van der Waals surface area contributed by atoms with E-state index in [2.05, 4.69) is 35.9 Å². The molecule has 17 heavy (non-hydrogen) atoms. The van der Waals surface area contributed by atoms with Crippen molar-refractivity contribution in [1.29, 1.82) is 0 Å². The van der Waals surface area contributed by atoms with Crippen LogP contribution in [0.5, 0.6) is 0 Å². The third kappa shape index (κ3) is 4.92. The predicted octanol–water partition coefficient (Wildman–Crippen LogP) is 0.373. The highest BCUT2D eigenvalue weighted by Crippen LogP contribution is 2.09. The zero-order valence-electron chi connectivity index (χ0n) is 11.7. The molecule has 1 rings (SSSR count). The first-order valence-electron chi connectivity index (χ1n) is 7.01. The van der Waals surface area contributed by atoms with Crippen molar-refractivity contribution in [2.75, 3.05) is 45.9 Å². The minimum Gasteiger partial charge on any atom is -0.396 e. The second kappa shape index (κ2) is 8.03. The molecule has 0 saturated carbocycles. The van der Waals surface area contributed by atoms with Gasteiger partial charge in [0.15, 0.2) is 0 Å². The monoisotopic (exact) mass is 243 g/mol. The van der Waals surface area contributed by atoms with E-state index in [1.54, 1.807) is 0 Å². The van der Waals surface area contributed by atoms with Crippen molar-refractivity contribution >= 4 is 0 Å².